The molecule has 1 aliphatic rings. The van der Waals surface area contributed by atoms with E-state index in [1.54, 1.807) is 6.92 Å². The number of halogens is 5. The SMILES string of the molecule is Cc1cc(Cl)cc(C(=O)NC2CC2)c1NC(=O)c1cnn(-c2ncccc2Cl)c1C(F)(F)F. The van der Waals surface area contributed by atoms with Crippen molar-refractivity contribution in [3.8, 4) is 5.82 Å². The molecule has 3 aromatic rings. The van der Waals surface area contributed by atoms with E-state index in [-0.39, 0.29) is 33.2 Å². The lowest BCUT2D eigenvalue weighted by Gasteiger charge is -2.16. The van der Waals surface area contributed by atoms with Gasteiger partial charge in [-0.05, 0) is 49.6 Å². The lowest BCUT2D eigenvalue weighted by molar-refractivity contribution is -0.143. The van der Waals surface area contributed by atoms with Crippen molar-refractivity contribution in [2.75, 3.05) is 5.32 Å². The van der Waals surface area contributed by atoms with E-state index in [1.165, 1.54) is 30.5 Å². The van der Waals surface area contributed by atoms with Gasteiger partial charge in [0.1, 0.15) is 0 Å². The van der Waals surface area contributed by atoms with Crippen LogP contribution < -0.4 is 10.6 Å². The smallest absolute Gasteiger partial charge is 0.349 e. The number of carbonyl (C=O) groups excluding carboxylic acids is 2. The summed E-state index contributed by atoms with van der Waals surface area (Å²) in [7, 11) is 0. The molecule has 1 aromatic carbocycles. The first-order valence-electron chi connectivity index (χ1n) is 9.74. The van der Waals surface area contributed by atoms with Crippen LogP contribution in [0.2, 0.25) is 10.0 Å². The van der Waals surface area contributed by atoms with E-state index in [0.29, 0.717) is 10.2 Å². The lowest BCUT2D eigenvalue weighted by Crippen LogP contribution is -2.28. The molecule has 2 heterocycles. The van der Waals surface area contributed by atoms with Gasteiger partial charge in [-0.15, -0.1) is 0 Å². The van der Waals surface area contributed by atoms with E-state index in [1.807, 2.05) is 0 Å². The van der Waals surface area contributed by atoms with Crippen molar-refractivity contribution in [2.45, 2.75) is 32.0 Å². The summed E-state index contributed by atoms with van der Waals surface area (Å²) in [5.74, 6) is -1.87. The maximum atomic E-state index is 14.0. The highest BCUT2D eigenvalue weighted by atomic mass is 35.5. The molecular weight excluding hydrogens is 482 g/mol. The number of aryl methyl sites for hydroxylation is 1. The summed E-state index contributed by atoms with van der Waals surface area (Å²) in [5.41, 5.74) is -1.60. The van der Waals surface area contributed by atoms with Crippen LogP contribution in [-0.4, -0.2) is 32.6 Å². The van der Waals surface area contributed by atoms with Crippen molar-refractivity contribution in [1.82, 2.24) is 20.1 Å². The molecular formula is C21H16Cl2F3N5O2. The Kier molecular flexibility index (Phi) is 6.06. The van der Waals surface area contributed by atoms with Crippen molar-refractivity contribution in [3.05, 3.63) is 69.1 Å². The number of pyridine rings is 1. The van der Waals surface area contributed by atoms with E-state index in [0.717, 1.165) is 19.0 Å². The second kappa shape index (κ2) is 8.68. The largest absolute Gasteiger partial charge is 0.434 e. The topological polar surface area (TPSA) is 88.9 Å². The number of carbonyl (C=O) groups is 2. The van der Waals surface area contributed by atoms with E-state index in [2.05, 4.69) is 20.7 Å². The number of nitrogens with zero attached hydrogens (tertiary/aromatic N) is 3. The molecule has 2 N–H and O–H groups in total. The van der Waals surface area contributed by atoms with E-state index in [4.69, 9.17) is 23.2 Å². The molecule has 1 fully saturated rings. The summed E-state index contributed by atoms with van der Waals surface area (Å²) in [6.45, 7) is 1.58. The molecule has 4 rings (SSSR count). The maximum absolute atomic E-state index is 14.0. The van der Waals surface area contributed by atoms with Crippen LogP contribution in [0.25, 0.3) is 5.82 Å². The molecule has 0 aliphatic heterocycles. The Balaban J connectivity index is 1.74. The fourth-order valence-electron chi connectivity index (χ4n) is 3.24. The zero-order chi connectivity index (χ0) is 23.9. The molecule has 1 aliphatic carbocycles. The standard InChI is InChI=1S/C21H16Cl2F3N5O2/c1-10-7-11(22)8-13(19(32)29-12-4-5-12)16(10)30-20(33)14-9-28-31(17(14)21(24,25)26)18-15(23)3-2-6-27-18/h2-3,6-9,12H,4-5H2,1H3,(H,29,32)(H,30,33). The van der Waals surface area contributed by atoms with Crippen molar-refractivity contribution >= 4 is 40.7 Å². The number of aromatic nitrogens is 3. The maximum Gasteiger partial charge on any atom is 0.434 e. The van der Waals surface area contributed by atoms with Crippen molar-refractivity contribution in [3.63, 3.8) is 0 Å². The summed E-state index contributed by atoms with van der Waals surface area (Å²) in [5, 5.41) is 9.08. The molecule has 2 amide bonds. The lowest BCUT2D eigenvalue weighted by atomic mass is 10.1. The second-order valence-corrected chi connectivity index (χ2v) is 8.32. The summed E-state index contributed by atoms with van der Waals surface area (Å²) in [4.78, 5) is 29.5. The van der Waals surface area contributed by atoms with Crippen LogP contribution in [0.4, 0.5) is 18.9 Å². The van der Waals surface area contributed by atoms with Gasteiger partial charge in [0.15, 0.2) is 11.5 Å². The Morgan fingerprint density at radius 3 is 2.52 bits per heavy atom. The zero-order valence-electron chi connectivity index (χ0n) is 17.0. The molecule has 1 saturated carbocycles. The molecule has 0 saturated heterocycles. The van der Waals surface area contributed by atoms with Gasteiger partial charge in [0, 0.05) is 17.3 Å². The molecule has 7 nitrogen and oxygen atoms in total. The molecule has 0 radical (unpaired) electrons. The Labute approximate surface area is 195 Å². The van der Waals surface area contributed by atoms with E-state index < -0.39 is 29.2 Å². The zero-order valence-corrected chi connectivity index (χ0v) is 18.5. The number of amides is 2. The Morgan fingerprint density at radius 1 is 1.15 bits per heavy atom. The number of hydrogen-bond acceptors (Lipinski definition) is 4. The van der Waals surface area contributed by atoms with Crippen molar-refractivity contribution < 1.29 is 22.8 Å². The molecule has 0 atom stereocenters. The predicted octanol–water partition coefficient (Wildman–Crippen LogP) is 5.05. The normalized spacial score (nSPS) is 13.6. The fourth-order valence-corrected chi connectivity index (χ4v) is 3.72. The van der Waals surface area contributed by atoms with Crippen molar-refractivity contribution in [2.24, 2.45) is 0 Å². The molecule has 12 heteroatoms. The quantitative estimate of drug-likeness (QED) is 0.516. The van der Waals surface area contributed by atoms with Crippen LogP contribution in [0, 0.1) is 6.92 Å². The molecule has 0 bridgehead atoms. The first-order valence-corrected chi connectivity index (χ1v) is 10.5. The Hall–Kier alpha value is -3.11. The van der Waals surface area contributed by atoms with E-state index >= 15 is 0 Å². The summed E-state index contributed by atoms with van der Waals surface area (Å²) in [6, 6.07) is 5.68. The minimum Gasteiger partial charge on any atom is -0.349 e. The van der Waals surface area contributed by atoms with Crippen molar-refractivity contribution in [1.29, 1.82) is 0 Å². The van der Waals surface area contributed by atoms with E-state index in [9.17, 15) is 22.8 Å². The number of benzene rings is 1. The molecule has 0 unspecified atom stereocenters. The van der Waals surface area contributed by atoms with Gasteiger partial charge in [0.25, 0.3) is 11.8 Å². The molecule has 33 heavy (non-hydrogen) atoms. The van der Waals surface area contributed by atoms with Crippen LogP contribution in [0.1, 0.15) is 44.8 Å². The van der Waals surface area contributed by atoms with Crippen LogP contribution in [-0.2, 0) is 6.18 Å². The van der Waals surface area contributed by atoms with Gasteiger partial charge in [-0.25, -0.2) is 9.67 Å². The monoisotopic (exact) mass is 497 g/mol. The van der Waals surface area contributed by atoms with Gasteiger partial charge in [0.2, 0.25) is 0 Å². The summed E-state index contributed by atoms with van der Waals surface area (Å²) in [6.07, 6.45) is -1.26. The average Bonchev–Trinajstić information content (AvgIpc) is 3.42. The summed E-state index contributed by atoms with van der Waals surface area (Å²) < 4.78 is 42.3. The third-order valence-corrected chi connectivity index (χ3v) is 5.43. The third-order valence-electron chi connectivity index (χ3n) is 4.92. The number of nitrogens with one attached hydrogen (secondary N) is 2. The minimum absolute atomic E-state index is 0.0264. The van der Waals surface area contributed by atoms with Crippen LogP contribution in [0.15, 0.2) is 36.7 Å². The minimum atomic E-state index is -4.95. The highest BCUT2D eigenvalue weighted by Crippen LogP contribution is 2.35. The Morgan fingerprint density at radius 2 is 1.88 bits per heavy atom. The van der Waals surface area contributed by atoms with Gasteiger partial charge in [0.05, 0.1) is 28.0 Å². The summed E-state index contributed by atoms with van der Waals surface area (Å²) >= 11 is 12.1. The average molecular weight is 498 g/mol. The fraction of sp³-hybridized carbons (Fsp3) is 0.238. The first-order chi connectivity index (χ1) is 15.6. The highest BCUT2D eigenvalue weighted by Gasteiger charge is 2.41. The van der Waals surface area contributed by atoms with Crippen LogP contribution >= 0.6 is 23.2 Å². The Bertz CT molecular complexity index is 1260. The number of anilines is 1. The van der Waals surface area contributed by atoms with Gasteiger partial charge >= 0.3 is 6.18 Å². The third kappa shape index (κ3) is 4.81. The predicted molar refractivity (Wildman–Crippen MR) is 116 cm³/mol. The number of alkyl halides is 3. The van der Waals surface area contributed by atoms with Gasteiger partial charge in [-0.2, -0.15) is 18.3 Å². The first kappa shape index (κ1) is 23.1. The van der Waals surface area contributed by atoms with Crippen LogP contribution in [0.3, 0.4) is 0 Å². The second-order valence-electron chi connectivity index (χ2n) is 7.47. The highest BCUT2D eigenvalue weighted by molar-refractivity contribution is 6.32. The van der Waals surface area contributed by atoms with Gasteiger partial charge in [-0.3, -0.25) is 9.59 Å². The molecule has 2 aromatic heterocycles. The van der Waals surface area contributed by atoms with Crippen LogP contribution in [0.5, 0.6) is 0 Å². The number of rotatable bonds is 5. The molecule has 172 valence electrons. The molecule has 0 spiro atoms. The van der Waals surface area contributed by atoms with Gasteiger partial charge in [-0.1, -0.05) is 23.2 Å². The van der Waals surface area contributed by atoms with Gasteiger partial charge < -0.3 is 10.6 Å². The number of hydrogen-bond donors (Lipinski definition) is 2.